The molecular weight excluding hydrogens is 438 g/mol. The number of hydrogen-bond acceptors (Lipinski definition) is 4. The Labute approximate surface area is 209 Å². The number of benzene rings is 2. The van der Waals surface area contributed by atoms with Crippen molar-refractivity contribution in [3.05, 3.63) is 59.7 Å². The molecule has 6 heteroatoms. The van der Waals surface area contributed by atoms with Crippen LogP contribution in [-0.4, -0.2) is 60.9 Å². The molecule has 1 aliphatic carbocycles. The lowest BCUT2D eigenvalue weighted by atomic mass is 9.86. The predicted octanol–water partition coefficient (Wildman–Crippen LogP) is 4.95. The fourth-order valence-corrected chi connectivity index (χ4v) is 5.34. The zero-order chi connectivity index (χ0) is 25.0. The van der Waals surface area contributed by atoms with Gasteiger partial charge in [-0.1, -0.05) is 45.7 Å². The third kappa shape index (κ3) is 6.04. The van der Waals surface area contributed by atoms with E-state index in [1.54, 1.807) is 7.11 Å². The van der Waals surface area contributed by atoms with E-state index in [0.29, 0.717) is 32.1 Å². The molecule has 1 heterocycles. The third-order valence-electron chi connectivity index (χ3n) is 7.47. The lowest BCUT2D eigenvalue weighted by Gasteiger charge is -2.40. The van der Waals surface area contributed by atoms with Gasteiger partial charge < -0.3 is 15.0 Å². The Bertz CT molecular complexity index is 997. The maximum Gasteiger partial charge on any atom is 0.253 e. The van der Waals surface area contributed by atoms with Crippen molar-refractivity contribution in [3.63, 3.8) is 0 Å². The first-order valence-electron chi connectivity index (χ1n) is 12.8. The summed E-state index contributed by atoms with van der Waals surface area (Å²) in [4.78, 5) is 30.8. The van der Waals surface area contributed by atoms with E-state index in [2.05, 4.69) is 43.1 Å². The molecule has 2 aromatic rings. The molecule has 0 bridgehead atoms. The minimum absolute atomic E-state index is 0.0552. The van der Waals surface area contributed by atoms with Gasteiger partial charge in [0.2, 0.25) is 5.91 Å². The van der Waals surface area contributed by atoms with Crippen molar-refractivity contribution < 1.29 is 14.3 Å². The highest BCUT2D eigenvalue weighted by Crippen LogP contribution is 2.32. The van der Waals surface area contributed by atoms with Crippen LogP contribution in [0.15, 0.2) is 48.5 Å². The number of piperazine rings is 1. The molecule has 0 unspecified atom stereocenters. The van der Waals surface area contributed by atoms with Crippen molar-refractivity contribution in [1.29, 1.82) is 0 Å². The maximum absolute atomic E-state index is 13.4. The van der Waals surface area contributed by atoms with Crippen LogP contribution in [0.4, 0.5) is 5.69 Å². The van der Waals surface area contributed by atoms with E-state index >= 15 is 0 Å². The van der Waals surface area contributed by atoms with E-state index in [9.17, 15) is 9.59 Å². The van der Waals surface area contributed by atoms with E-state index < -0.39 is 0 Å². The molecule has 1 aliphatic heterocycles. The molecule has 1 saturated heterocycles. The summed E-state index contributed by atoms with van der Waals surface area (Å²) in [5.74, 6) is 1.26. The number of carbonyl (C=O) groups is 2. The maximum atomic E-state index is 13.4. The smallest absolute Gasteiger partial charge is 0.253 e. The van der Waals surface area contributed by atoms with E-state index in [4.69, 9.17) is 4.74 Å². The first-order valence-corrected chi connectivity index (χ1v) is 12.8. The second-order valence-electron chi connectivity index (χ2n) is 10.9. The molecule has 2 fully saturated rings. The standard InChI is InChI=1S/C29H39N3O3/c1-29(2,3)23-11-9-22(10-12-23)28(34)32-19-17-31(18-20-32)26(21-7-5-6-8-21)27(33)30-24-13-15-25(35-4)16-14-24/h9-16,21,26H,5-8,17-20H2,1-4H3,(H,30,33)/t26-/m0/s1. The van der Waals surface area contributed by atoms with E-state index in [1.165, 1.54) is 18.4 Å². The quantitative estimate of drug-likeness (QED) is 0.640. The van der Waals surface area contributed by atoms with Crippen LogP contribution >= 0.6 is 0 Å². The van der Waals surface area contributed by atoms with Crippen LogP contribution in [0.2, 0.25) is 0 Å². The van der Waals surface area contributed by atoms with Crippen molar-refractivity contribution in [3.8, 4) is 5.75 Å². The zero-order valence-electron chi connectivity index (χ0n) is 21.5. The van der Waals surface area contributed by atoms with Gasteiger partial charge in [0.15, 0.2) is 0 Å². The van der Waals surface area contributed by atoms with E-state index in [1.807, 2.05) is 41.3 Å². The topological polar surface area (TPSA) is 61.9 Å². The molecule has 2 aliphatic rings. The van der Waals surface area contributed by atoms with E-state index in [0.717, 1.165) is 29.8 Å². The second kappa shape index (κ2) is 10.8. The summed E-state index contributed by atoms with van der Waals surface area (Å²) in [5, 5.41) is 3.13. The molecule has 2 aromatic carbocycles. The van der Waals surface area contributed by atoms with Crippen LogP contribution in [0.1, 0.15) is 62.4 Å². The highest BCUT2D eigenvalue weighted by molar-refractivity contribution is 5.95. The Morgan fingerprint density at radius 3 is 2.06 bits per heavy atom. The van der Waals surface area contributed by atoms with Gasteiger partial charge in [-0.05, 0) is 66.1 Å². The zero-order valence-corrected chi connectivity index (χ0v) is 21.5. The Hall–Kier alpha value is -2.86. The Morgan fingerprint density at radius 2 is 1.51 bits per heavy atom. The van der Waals surface area contributed by atoms with E-state index in [-0.39, 0.29) is 23.3 Å². The van der Waals surface area contributed by atoms with Crippen molar-refractivity contribution in [2.45, 2.75) is 57.9 Å². The molecule has 35 heavy (non-hydrogen) atoms. The number of amides is 2. The van der Waals surface area contributed by atoms with Gasteiger partial charge in [0.1, 0.15) is 5.75 Å². The Morgan fingerprint density at radius 1 is 0.914 bits per heavy atom. The number of nitrogens with one attached hydrogen (secondary N) is 1. The normalized spacial score (nSPS) is 18.3. The molecule has 6 nitrogen and oxygen atoms in total. The van der Waals surface area contributed by atoms with Gasteiger partial charge in [0, 0.05) is 37.4 Å². The fraction of sp³-hybridized carbons (Fsp3) is 0.517. The van der Waals surface area contributed by atoms with Gasteiger partial charge in [0.25, 0.3) is 5.91 Å². The Kier molecular flexibility index (Phi) is 7.80. The van der Waals surface area contributed by atoms with Crippen LogP contribution < -0.4 is 10.1 Å². The van der Waals surface area contributed by atoms with Crippen molar-refractivity contribution >= 4 is 17.5 Å². The van der Waals surface area contributed by atoms with Crippen molar-refractivity contribution in [2.24, 2.45) is 5.92 Å². The molecule has 188 valence electrons. The molecule has 0 spiro atoms. The average molecular weight is 478 g/mol. The SMILES string of the molecule is COc1ccc(NC(=O)[C@H](C2CCCC2)N2CCN(C(=O)c3ccc(C(C)(C)C)cc3)CC2)cc1. The summed E-state index contributed by atoms with van der Waals surface area (Å²) in [5.41, 5.74) is 2.80. The molecule has 1 atom stereocenters. The molecule has 1 N–H and O–H groups in total. The summed E-state index contributed by atoms with van der Waals surface area (Å²) in [6.07, 6.45) is 4.53. The minimum atomic E-state index is -0.164. The van der Waals surface area contributed by atoms with Gasteiger partial charge in [-0.3, -0.25) is 14.5 Å². The van der Waals surface area contributed by atoms with Gasteiger partial charge >= 0.3 is 0 Å². The third-order valence-corrected chi connectivity index (χ3v) is 7.47. The molecule has 0 radical (unpaired) electrons. The summed E-state index contributed by atoms with van der Waals surface area (Å²) < 4.78 is 5.23. The monoisotopic (exact) mass is 477 g/mol. The number of anilines is 1. The van der Waals surface area contributed by atoms with Crippen LogP contribution in [0.25, 0.3) is 0 Å². The van der Waals surface area contributed by atoms with Gasteiger partial charge in [0.05, 0.1) is 13.2 Å². The van der Waals surface area contributed by atoms with Gasteiger partial charge in [-0.15, -0.1) is 0 Å². The fourth-order valence-electron chi connectivity index (χ4n) is 5.34. The van der Waals surface area contributed by atoms with Crippen molar-refractivity contribution in [1.82, 2.24) is 9.80 Å². The highest BCUT2D eigenvalue weighted by Gasteiger charge is 2.37. The molecular formula is C29H39N3O3. The van der Waals surface area contributed by atoms with Crippen LogP contribution in [0.5, 0.6) is 5.75 Å². The lowest BCUT2D eigenvalue weighted by molar-refractivity contribution is -0.123. The number of nitrogens with zero attached hydrogens (tertiary/aromatic N) is 2. The first-order chi connectivity index (χ1) is 16.8. The molecule has 1 saturated carbocycles. The van der Waals surface area contributed by atoms with Crippen LogP contribution in [-0.2, 0) is 10.2 Å². The summed E-state index contributed by atoms with van der Waals surface area (Å²) in [6, 6.07) is 15.3. The summed E-state index contributed by atoms with van der Waals surface area (Å²) >= 11 is 0. The first kappa shape index (κ1) is 25.2. The lowest BCUT2D eigenvalue weighted by Crippen LogP contribution is -2.56. The molecule has 0 aromatic heterocycles. The number of hydrogen-bond donors (Lipinski definition) is 1. The number of methoxy groups -OCH3 is 1. The number of carbonyl (C=O) groups excluding carboxylic acids is 2. The van der Waals surface area contributed by atoms with Crippen molar-refractivity contribution in [2.75, 3.05) is 38.6 Å². The van der Waals surface area contributed by atoms with Crippen LogP contribution in [0, 0.1) is 5.92 Å². The Balaban J connectivity index is 1.40. The number of rotatable bonds is 6. The molecule has 2 amide bonds. The molecule has 4 rings (SSSR count). The summed E-state index contributed by atoms with van der Waals surface area (Å²) in [6.45, 7) is 9.22. The predicted molar refractivity (Wildman–Crippen MR) is 140 cm³/mol. The largest absolute Gasteiger partial charge is 0.497 e. The minimum Gasteiger partial charge on any atom is -0.497 e. The van der Waals surface area contributed by atoms with Crippen LogP contribution in [0.3, 0.4) is 0 Å². The highest BCUT2D eigenvalue weighted by atomic mass is 16.5. The number of ether oxygens (including phenoxy) is 1. The average Bonchev–Trinajstić information content (AvgIpc) is 3.38. The second-order valence-corrected chi connectivity index (χ2v) is 10.9. The van der Waals surface area contributed by atoms with Gasteiger partial charge in [-0.25, -0.2) is 0 Å². The van der Waals surface area contributed by atoms with Gasteiger partial charge in [-0.2, -0.15) is 0 Å². The summed E-state index contributed by atoms with van der Waals surface area (Å²) in [7, 11) is 1.63.